The van der Waals surface area contributed by atoms with Gasteiger partial charge in [0.2, 0.25) is 0 Å². The Morgan fingerprint density at radius 1 is 1.04 bits per heavy atom. The van der Waals surface area contributed by atoms with E-state index in [1.165, 1.54) is 12.1 Å². The molecule has 0 unspecified atom stereocenters. The number of carbonyl (C=O) groups is 1. The molecule has 2 aromatic carbocycles. The number of para-hydroxylation sites is 1. The number of ether oxygens (including phenoxy) is 1. The van der Waals surface area contributed by atoms with Crippen LogP contribution in [0.2, 0.25) is 0 Å². The number of hydrogen-bond donors (Lipinski definition) is 0. The number of carbonyl (C=O) groups excluding carboxylic acids is 1. The van der Waals surface area contributed by atoms with Gasteiger partial charge < -0.3 is 4.74 Å². The molecule has 134 valence electrons. The molecule has 0 radical (unpaired) electrons. The normalized spacial score (nSPS) is 11.3. The second-order valence-electron chi connectivity index (χ2n) is 5.66. The molecule has 0 bridgehead atoms. The van der Waals surface area contributed by atoms with E-state index in [-0.39, 0.29) is 18.6 Å². The first kappa shape index (κ1) is 17.7. The third-order valence-electron chi connectivity index (χ3n) is 3.66. The van der Waals surface area contributed by atoms with Crippen LogP contribution < -0.4 is 0 Å². The van der Waals surface area contributed by atoms with Crippen molar-refractivity contribution in [3.05, 3.63) is 83.7 Å². The molecule has 0 N–H and O–H groups in total. The minimum Gasteiger partial charge on any atom is -0.461 e. The monoisotopic (exact) mass is 360 g/mol. The summed E-state index contributed by atoms with van der Waals surface area (Å²) in [5.74, 6) is -0.532. The van der Waals surface area contributed by atoms with E-state index in [0.29, 0.717) is 5.56 Å². The molecular weight excluding hydrogens is 345 g/mol. The molecule has 4 nitrogen and oxygen atoms in total. The zero-order valence-electron chi connectivity index (χ0n) is 13.6. The first-order chi connectivity index (χ1) is 12.4. The van der Waals surface area contributed by atoms with Gasteiger partial charge in [-0.05, 0) is 29.8 Å². The summed E-state index contributed by atoms with van der Waals surface area (Å²) in [6.45, 7) is -0.213. The van der Waals surface area contributed by atoms with Crippen molar-refractivity contribution < 1.29 is 22.7 Å². The molecule has 0 aliphatic rings. The quantitative estimate of drug-likeness (QED) is 0.641. The van der Waals surface area contributed by atoms with Crippen molar-refractivity contribution in [2.24, 2.45) is 0 Å². The molecule has 0 saturated heterocycles. The summed E-state index contributed by atoms with van der Waals surface area (Å²) in [5, 5.41) is 4.18. The maximum Gasteiger partial charge on any atom is 0.416 e. The Bertz CT molecular complexity index is 889. The summed E-state index contributed by atoms with van der Waals surface area (Å²) in [5.41, 5.74) is 1.03. The zero-order valence-corrected chi connectivity index (χ0v) is 13.6. The Morgan fingerprint density at radius 3 is 2.54 bits per heavy atom. The van der Waals surface area contributed by atoms with Gasteiger partial charge in [0.25, 0.3) is 0 Å². The van der Waals surface area contributed by atoms with Crippen molar-refractivity contribution >= 4 is 5.97 Å². The average Bonchev–Trinajstić information content (AvgIpc) is 3.09. The lowest BCUT2D eigenvalue weighted by Gasteiger charge is -2.09. The molecule has 0 fully saturated rings. The van der Waals surface area contributed by atoms with Crippen LogP contribution in [-0.2, 0) is 28.7 Å². The summed E-state index contributed by atoms with van der Waals surface area (Å²) >= 11 is 0. The Hall–Kier alpha value is -3.09. The van der Waals surface area contributed by atoms with Crippen LogP contribution in [0.1, 0.15) is 16.7 Å². The van der Waals surface area contributed by atoms with Gasteiger partial charge in [-0.1, -0.05) is 30.3 Å². The van der Waals surface area contributed by atoms with E-state index < -0.39 is 17.7 Å². The Balaban J connectivity index is 1.58. The highest BCUT2D eigenvalue weighted by atomic mass is 19.4. The zero-order chi connectivity index (χ0) is 18.6. The van der Waals surface area contributed by atoms with E-state index in [9.17, 15) is 18.0 Å². The standard InChI is InChI=1S/C19H15F3N2O2/c20-19(21,22)16-6-4-5-14(9-16)13-26-18(25)10-15-11-23-24(12-15)17-7-2-1-3-8-17/h1-9,11-12H,10,13H2. The Labute approximate surface area is 147 Å². The van der Waals surface area contributed by atoms with E-state index in [2.05, 4.69) is 5.10 Å². The van der Waals surface area contributed by atoms with Crippen molar-refractivity contribution in [1.29, 1.82) is 0 Å². The van der Waals surface area contributed by atoms with E-state index in [4.69, 9.17) is 4.74 Å². The molecule has 0 aliphatic carbocycles. The summed E-state index contributed by atoms with van der Waals surface area (Å²) in [6, 6.07) is 14.1. The van der Waals surface area contributed by atoms with Gasteiger partial charge in [0.15, 0.2) is 0 Å². The molecule has 26 heavy (non-hydrogen) atoms. The molecule has 1 heterocycles. The van der Waals surface area contributed by atoms with Crippen LogP contribution in [0.3, 0.4) is 0 Å². The number of halogens is 3. The van der Waals surface area contributed by atoms with Crippen LogP contribution in [0.25, 0.3) is 5.69 Å². The fraction of sp³-hybridized carbons (Fsp3) is 0.158. The van der Waals surface area contributed by atoms with E-state index >= 15 is 0 Å². The number of esters is 1. The molecule has 1 aromatic heterocycles. The summed E-state index contributed by atoms with van der Waals surface area (Å²) < 4.78 is 44.7. The lowest BCUT2D eigenvalue weighted by atomic mass is 10.1. The predicted octanol–water partition coefficient (Wildman–Crippen LogP) is 4.18. The molecule has 0 aliphatic heterocycles. The first-order valence-corrected chi connectivity index (χ1v) is 7.82. The first-order valence-electron chi connectivity index (χ1n) is 7.82. The molecule has 0 amide bonds. The number of alkyl halides is 3. The number of hydrogen-bond acceptors (Lipinski definition) is 3. The summed E-state index contributed by atoms with van der Waals surface area (Å²) in [4.78, 5) is 11.9. The van der Waals surface area contributed by atoms with Crippen molar-refractivity contribution in [3.63, 3.8) is 0 Å². The van der Waals surface area contributed by atoms with Crippen LogP contribution in [0.5, 0.6) is 0 Å². The third-order valence-corrected chi connectivity index (χ3v) is 3.66. The van der Waals surface area contributed by atoms with Crippen LogP contribution >= 0.6 is 0 Å². The second kappa shape index (κ2) is 7.43. The lowest BCUT2D eigenvalue weighted by Crippen LogP contribution is -2.09. The van der Waals surface area contributed by atoms with Gasteiger partial charge in [-0.3, -0.25) is 4.79 Å². The molecule has 0 spiro atoms. The SMILES string of the molecule is O=C(Cc1cnn(-c2ccccc2)c1)OCc1cccc(C(F)(F)F)c1. The summed E-state index contributed by atoms with van der Waals surface area (Å²) in [7, 11) is 0. The van der Waals surface area contributed by atoms with E-state index in [1.54, 1.807) is 17.1 Å². The Morgan fingerprint density at radius 2 is 1.81 bits per heavy atom. The number of nitrogens with zero attached hydrogens (tertiary/aromatic N) is 2. The largest absolute Gasteiger partial charge is 0.461 e. The smallest absolute Gasteiger partial charge is 0.416 e. The molecule has 3 rings (SSSR count). The average molecular weight is 360 g/mol. The highest BCUT2D eigenvalue weighted by Crippen LogP contribution is 2.29. The number of aromatic nitrogens is 2. The van der Waals surface area contributed by atoms with Gasteiger partial charge in [0.05, 0.1) is 23.9 Å². The summed E-state index contributed by atoms with van der Waals surface area (Å²) in [6.07, 6.45) is -1.17. The van der Waals surface area contributed by atoms with Gasteiger partial charge in [0.1, 0.15) is 6.61 Å². The molecular formula is C19H15F3N2O2. The topological polar surface area (TPSA) is 44.1 Å². The van der Waals surface area contributed by atoms with Gasteiger partial charge >= 0.3 is 12.1 Å². The van der Waals surface area contributed by atoms with Gasteiger partial charge in [-0.2, -0.15) is 18.3 Å². The van der Waals surface area contributed by atoms with Crippen molar-refractivity contribution in [3.8, 4) is 5.69 Å². The fourth-order valence-electron chi connectivity index (χ4n) is 2.39. The third kappa shape index (κ3) is 4.50. The maximum absolute atomic E-state index is 12.7. The lowest BCUT2D eigenvalue weighted by molar-refractivity contribution is -0.144. The second-order valence-corrected chi connectivity index (χ2v) is 5.66. The molecule has 0 saturated carbocycles. The highest BCUT2D eigenvalue weighted by molar-refractivity contribution is 5.72. The molecule has 7 heteroatoms. The van der Waals surface area contributed by atoms with Crippen LogP contribution in [0.15, 0.2) is 67.0 Å². The number of rotatable bonds is 5. The van der Waals surface area contributed by atoms with Crippen LogP contribution in [-0.4, -0.2) is 15.7 Å². The van der Waals surface area contributed by atoms with Crippen LogP contribution in [0, 0.1) is 0 Å². The van der Waals surface area contributed by atoms with Crippen molar-refractivity contribution in [2.45, 2.75) is 19.2 Å². The van der Waals surface area contributed by atoms with Gasteiger partial charge in [0, 0.05) is 11.8 Å². The van der Waals surface area contributed by atoms with Gasteiger partial charge in [-0.15, -0.1) is 0 Å². The highest BCUT2D eigenvalue weighted by Gasteiger charge is 2.30. The fourth-order valence-corrected chi connectivity index (χ4v) is 2.39. The van der Waals surface area contributed by atoms with Crippen molar-refractivity contribution in [2.75, 3.05) is 0 Å². The van der Waals surface area contributed by atoms with E-state index in [0.717, 1.165) is 17.8 Å². The number of benzene rings is 2. The minimum atomic E-state index is -4.42. The maximum atomic E-state index is 12.7. The molecule has 3 aromatic rings. The van der Waals surface area contributed by atoms with Crippen LogP contribution in [0.4, 0.5) is 13.2 Å². The van der Waals surface area contributed by atoms with E-state index in [1.807, 2.05) is 30.3 Å². The minimum absolute atomic E-state index is 0.00814. The van der Waals surface area contributed by atoms with Crippen molar-refractivity contribution in [1.82, 2.24) is 9.78 Å². The van der Waals surface area contributed by atoms with Gasteiger partial charge in [-0.25, -0.2) is 4.68 Å². The predicted molar refractivity (Wildman–Crippen MR) is 88.5 cm³/mol. The Kier molecular flexibility index (Phi) is 5.06. The molecule has 0 atom stereocenters.